The number of rotatable bonds is 4. The molecule has 1 rings (SSSR count). The first-order valence-electron chi connectivity index (χ1n) is 3.71. The summed E-state index contributed by atoms with van der Waals surface area (Å²) in [6, 6.07) is 0. The lowest BCUT2D eigenvalue weighted by molar-refractivity contribution is -0.149. The molecule has 1 saturated carbocycles. The normalized spacial score (nSPS) is 21.2. The molecule has 10 heavy (non-hydrogen) atoms. The molecular formula is C8H14O2. The molecule has 0 radical (unpaired) electrons. The average molecular weight is 142 g/mol. The number of ether oxygens (including phenoxy) is 2. The molecular weight excluding hydrogens is 128 g/mol. The molecule has 0 heterocycles. The Morgan fingerprint density at radius 3 is 2.00 bits per heavy atom. The molecule has 1 aliphatic carbocycles. The van der Waals surface area contributed by atoms with Crippen LogP contribution < -0.4 is 0 Å². The van der Waals surface area contributed by atoms with Gasteiger partial charge in [0.1, 0.15) is 0 Å². The van der Waals surface area contributed by atoms with E-state index in [1.54, 1.807) is 0 Å². The van der Waals surface area contributed by atoms with Crippen LogP contribution in [0.5, 0.6) is 0 Å². The lowest BCUT2D eigenvalue weighted by Crippen LogP contribution is -2.18. The summed E-state index contributed by atoms with van der Waals surface area (Å²) in [6.45, 7) is 9.12. The molecule has 0 N–H and O–H groups in total. The maximum absolute atomic E-state index is 5.37. The van der Waals surface area contributed by atoms with Crippen molar-refractivity contribution >= 4 is 0 Å². The standard InChI is InChI=1S/C8H14O2/c1-4-9-8(10-5-2)6-7(8)3/h3-6H2,1-2H3. The topological polar surface area (TPSA) is 18.5 Å². The fourth-order valence-electron chi connectivity index (χ4n) is 1.05. The van der Waals surface area contributed by atoms with Crippen molar-refractivity contribution < 1.29 is 9.47 Å². The average Bonchev–Trinajstić information content (AvgIpc) is 2.44. The van der Waals surface area contributed by atoms with Crippen LogP contribution in [0.1, 0.15) is 20.3 Å². The van der Waals surface area contributed by atoms with E-state index in [4.69, 9.17) is 9.47 Å². The van der Waals surface area contributed by atoms with Crippen molar-refractivity contribution in [3.8, 4) is 0 Å². The van der Waals surface area contributed by atoms with E-state index < -0.39 is 0 Å². The van der Waals surface area contributed by atoms with Gasteiger partial charge in [0.05, 0.1) is 0 Å². The summed E-state index contributed by atoms with van der Waals surface area (Å²) >= 11 is 0. The van der Waals surface area contributed by atoms with Crippen LogP contribution in [-0.2, 0) is 9.47 Å². The van der Waals surface area contributed by atoms with Crippen molar-refractivity contribution in [2.24, 2.45) is 0 Å². The van der Waals surface area contributed by atoms with Gasteiger partial charge in [-0.1, -0.05) is 6.58 Å². The summed E-state index contributed by atoms with van der Waals surface area (Å²) < 4.78 is 10.7. The molecule has 0 aliphatic heterocycles. The molecule has 58 valence electrons. The molecule has 0 atom stereocenters. The quantitative estimate of drug-likeness (QED) is 0.439. The predicted molar refractivity (Wildman–Crippen MR) is 39.7 cm³/mol. The van der Waals surface area contributed by atoms with Gasteiger partial charge in [-0.15, -0.1) is 0 Å². The monoisotopic (exact) mass is 142 g/mol. The molecule has 1 fully saturated rings. The van der Waals surface area contributed by atoms with Crippen LogP contribution in [0, 0.1) is 0 Å². The molecule has 0 spiro atoms. The second-order valence-electron chi connectivity index (χ2n) is 2.40. The first-order chi connectivity index (χ1) is 4.75. The summed E-state index contributed by atoms with van der Waals surface area (Å²) in [5.41, 5.74) is 1.07. The van der Waals surface area contributed by atoms with E-state index in [1.165, 1.54) is 0 Å². The molecule has 0 bridgehead atoms. The van der Waals surface area contributed by atoms with Gasteiger partial charge in [0.2, 0.25) is 0 Å². The molecule has 0 saturated heterocycles. The molecule has 0 amide bonds. The Morgan fingerprint density at radius 1 is 1.40 bits per heavy atom. The minimum Gasteiger partial charge on any atom is -0.346 e. The van der Waals surface area contributed by atoms with Crippen LogP contribution in [0.15, 0.2) is 12.2 Å². The van der Waals surface area contributed by atoms with E-state index in [2.05, 4.69) is 6.58 Å². The first-order valence-corrected chi connectivity index (χ1v) is 3.71. The summed E-state index contributed by atoms with van der Waals surface area (Å²) in [6.07, 6.45) is 0.870. The van der Waals surface area contributed by atoms with Gasteiger partial charge in [-0.3, -0.25) is 0 Å². The lowest BCUT2D eigenvalue weighted by atomic mass is 10.6. The lowest BCUT2D eigenvalue weighted by Gasteiger charge is -2.13. The smallest absolute Gasteiger partial charge is 0.194 e. The van der Waals surface area contributed by atoms with Crippen LogP contribution in [0.4, 0.5) is 0 Å². The maximum Gasteiger partial charge on any atom is 0.194 e. The van der Waals surface area contributed by atoms with Crippen molar-refractivity contribution in [2.75, 3.05) is 13.2 Å². The Bertz CT molecular complexity index is 134. The Morgan fingerprint density at radius 2 is 1.80 bits per heavy atom. The van der Waals surface area contributed by atoms with Crippen molar-refractivity contribution in [1.82, 2.24) is 0 Å². The minimum absolute atomic E-state index is 0.385. The molecule has 2 nitrogen and oxygen atoms in total. The zero-order valence-corrected chi connectivity index (χ0v) is 6.64. The number of hydrogen-bond donors (Lipinski definition) is 0. The van der Waals surface area contributed by atoms with Gasteiger partial charge >= 0.3 is 0 Å². The van der Waals surface area contributed by atoms with E-state index >= 15 is 0 Å². The zero-order valence-electron chi connectivity index (χ0n) is 6.64. The molecule has 1 aliphatic rings. The van der Waals surface area contributed by atoms with Crippen LogP contribution in [0.25, 0.3) is 0 Å². The van der Waals surface area contributed by atoms with Gasteiger partial charge < -0.3 is 9.47 Å². The third-order valence-corrected chi connectivity index (χ3v) is 1.61. The third kappa shape index (κ3) is 1.22. The van der Waals surface area contributed by atoms with Gasteiger partial charge in [0.25, 0.3) is 0 Å². The molecule has 2 heteroatoms. The van der Waals surface area contributed by atoms with E-state index in [-0.39, 0.29) is 5.79 Å². The molecule has 0 aromatic heterocycles. The van der Waals surface area contributed by atoms with Crippen molar-refractivity contribution in [2.45, 2.75) is 26.1 Å². The highest BCUT2D eigenvalue weighted by Crippen LogP contribution is 2.45. The molecule has 0 aromatic rings. The number of hydrogen-bond acceptors (Lipinski definition) is 2. The van der Waals surface area contributed by atoms with Gasteiger partial charge in [-0.25, -0.2) is 0 Å². The van der Waals surface area contributed by atoms with Gasteiger partial charge in [0.15, 0.2) is 5.79 Å². The predicted octanol–water partition coefficient (Wildman–Crippen LogP) is 1.72. The van der Waals surface area contributed by atoms with Crippen LogP contribution in [-0.4, -0.2) is 19.0 Å². The summed E-state index contributed by atoms with van der Waals surface area (Å²) in [5, 5.41) is 0. The second kappa shape index (κ2) is 2.72. The molecule has 0 aromatic carbocycles. The highest BCUT2D eigenvalue weighted by atomic mass is 16.7. The zero-order chi connectivity index (χ0) is 7.61. The third-order valence-electron chi connectivity index (χ3n) is 1.61. The van der Waals surface area contributed by atoms with Crippen LogP contribution >= 0.6 is 0 Å². The maximum atomic E-state index is 5.37. The Labute approximate surface area is 61.8 Å². The fourth-order valence-corrected chi connectivity index (χ4v) is 1.05. The first kappa shape index (κ1) is 7.76. The van der Waals surface area contributed by atoms with E-state index in [0.717, 1.165) is 12.0 Å². The SMILES string of the molecule is C=C1CC1(OCC)OCC. The van der Waals surface area contributed by atoms with Crippen LogP contribution in [0.3, 0.4) is 0 Å². The summed E-state index contributed by atoms with van der Waals surface area (Å²) in [5.74, 6) is -0.385. The van der Waals surface area contributed by atoms with E-state index in [0.29, 0.717) is 13.2 Å². The van der Waals surface area contributed by atoms with Gasteiger partial charge in [-0.05, 0) is 19.4 Å². The Hall–Kier alpha value is -0.340. The van der Waals surface area contributed by atoms with E-state index in [9.17, 15) is 0 Å². The minimum atomic E-state index is -0.385. The summed E-state index contributed by atoms with van der Waals surface area (Å²) in [7, 11) is 0. The van der Waals surface area contributed by atoms with Crippen molar-refractivity contribution in [3.63, 3.8) is 0 Å². The fraction of sp³-hybridized carbons (Fsp3) is 0.750. The summed E-state index contributed by atoms with van der Waals surface area (Å²) in [4.78, 5) is 0. The van der Waals surface area contributed by atoms with Gasteiger partial charge in [-0.2, -0.15) is 0 Å². The highest BCUT2D eigenvalue weighted by Gasteiger charge is 2.49. The largest absolute Gasteiger partial charge is 0.346 e. The van der Waals surface area contributed by atoms with Crippen molar-refractivity contribution in [1.29, 1.82) is 0 Å². The van der Waals surface area contributed by atoms with Crippen molar-refractivity contribution in [3.05, 3.63) is 12.2 Å². The highest BCUT2D eigenvalue weighted by molar-refractivity contribution is 5.28. The molecule has 0 unspecified atom stereocenters. The second-order valence-corrected chi connectivity index (χ2v) is 2.40. The Balaban J connectivity index is 2.38. The van der Waals surface area contributed by atoms with Gasteiger partial charge in [0, 0.05) is 19.6 Å². The van der Waals surface area contributed by atoms with E-state index in [1.807, 2.05) is 13.8 Å². The van der Waals surface area contributed by atoms with Crippen LogP contribution in [0.2, 0.25) is 0 Å². The Kier molecular flexibility index (Phi) is 2.11.